The molecule has 1 amide bonds. The number of amides is 1. The maximum atomic E-state index is 12.3. The fourth-order valence-electron chi connectivity index (χ4n) is 2.78. The molecule has 0 aliphatic carbocycles. The minimum absolute atomic E-state index is 0.126. The highest BCUT2D eigenvalue weighted by Crippen LogP contribution is 2.19. The summed E-state index contributed by atoms with van der Waals surface area (Å²) >= 11 is 1.61. The van der Waals surface area contributed by atoms with E-state index in [1.807, 2.05) is 48.5 Å². The lowest BCUT2D eigenvalue weighted by atomic mass is 10.00. The van der Waals surface area contributed by atoms with Crippen LogP contribution < -0.4 is 0 Å². The summed E-state index contributed by atoms with van der Waals surface area (Å²) in [6, 6.07) is 18.1. The SMILES string of the molecule is O=C(CCSc1ccccc1)OCC(=O)N1CCc2ccccc2C1. The first kappa shape index (κ1) is 17.5. The van der Waals surface area contributed by atoms with Crippen LogP contribution in [-0.2, 0) is 27.3 Å². The highest BCUT2D eigenvalue weighted by Gasteiger charge is 2.21. The van der Waals surface area contributed by atoms with Gasteiger partial charge in [0.15, 0.2) is 6.61 Å². The first-order valence-corrected chi connectivity index (χ1v) is 9.39. The second-order valence-corrected chi connectivity index (χ2v) is 7.07. The lowest BCUT2D eigenvalue weighted by Gasteiger charge is -2.28. The number of fused-ring (bicyclic) bond motifs is 1. The standard InChI is InChI=1S/C20H21NO3S/c22-19(21-12-10-16-6-4-5-7-17(16)14-21)15-24-20(23)11-13-25-18-8-2-1-3-9-18/h1-9H,10-15H2. The van der Waals surface area contributed by atoms with Crippen molar-refractivity contribution in [2.45, 2.75) is 24.3 Å². The molecule has 0 saturated carbocycles. The molecule has 0 bridgehead atoms. The number of carbonyl (C=O) groups excluding carboxylic acids is 2. The van der Waals surface area contributed by atoms with Gasteiger partial charge in [-0.05, 0) is 29.7 Å². The van der Waals surface area contributed by atoms with E-state index in [1.54, 1.807) is 16.7 Å². The Kier molecular flexibility index (Phi) is 6.12. The quantitative estimate of drug-likeness (QED) is 0.589. The number of esters is 1. The van der Waals surface area contributed by atoms with E-state index in [0.717, 1.165) is 11.3 Å². The number of carbonyl (C=O) groups is 2. The van der Waals surface area contributed by atoms with Gasteiger partial charge in [-0.25, -0.2) is 0 Å². The maximum Gasteiger partial charge on any atom is 0.307 e. The molecule has 2 aromatic rings. The van der Waals surface area contributed by atoms with Crippen LogP contribution in [0.1, 0.15) is 17.5 Å². The molecule has 25 heavy (non-hydrogen) atoms. The van der Waals surface area contributed by atoms with E-state index in [1.165, 1.54) is 11.1 Å². The van der Waals surface area contributed by atoms with Gasteiger partial charge in [-0.15, -0.1) is 11.8 Å². The Balaban J connectivity index is 1.38. The van der Waals surface area contributed by atoms with Gasteiger partial charge in [0.2, 0.25) is 0 Å². The van der Waals surface area contributed by atoms with Crippen LogP contribution in [0.3, 0.4) is 0 Å². The zero-order valence-electron chi connectivity index (χ0n) is 14.0. The van der Waals surface area contributed by atoms with E-state index in [2.05, 4.69) is 6.07 Å². The van der Waals surface area contributed by atoms with Crippen molar-refractivity contribution >= 4 is 23.6 Å². The minimum atomic E-state index is -0.325. The largest absolute Gasteiger partial charge is 0.456 e. The van der Waals surface area contributed by atoms with E-state index in [0.29, 0.717) is 25.3 Å². The highest BCUT2D eigenvalue weighted by molar-refractivity contribution is 7.99. The highest BCUT2D eigenvalue weighted by atomic mass is 32.2. The molecule has 1 aliphatic rings. The molecule has 5 heteroatoms. The van der Waals surface area contributed by atoms with E-state index in [9.17, 15) is 9.59 Å². The summed E-state index contributed by atoms with van der Waals surface area (Å²) in [6.07, 6.45) is 1.15. The molecule has 0 fully saturated rings. The average Bonchev–Trinajstić information content (AvgIpc) is 2.66. The van der Waals surface area contributed by atoms with E-state index < -0.39 is 0 Å². The Morgan fingerprint density at radius 2 is 1.72 bits per heavy atom. The number of thioether (sulfide) groups is 1. The Labute approximate surface area is 152 Å². The molecule has 2 aromatic carbocycles. The van der Waals surface area contributed by atoms with E-state index in [-0.39, 0.29) is 18.5 Å². The van der Waals surface area contributed by atoms with Crippen molar-refractivity contribution in [1.82, 2.24) is 4.90 Å². The first-order valence-electron chi connectivity index (χ1n) is 8.40. The second kappa shape index (κ2) is 8.72. The van der Waals surface area contributed by atoms with Crippen molar-refractivity contribution in [2.75, 3.05) is 18.9 Å². The number of hydrogen-bond donors (Lipinski definition) is 0. The lowest BCUT2D eigenvalue weighted by Crippen LogP contribution is -2.38. The maximum absolute atomic E-state index is 12.3. The van der Waals surface area contributed by atoms with Gasteiger partial charge in [0.05, 0.1) is 6.42 Å². The molecule has 0 saturated heterocycles. The van der Waals surface area contributed by atoms with E-state index in [4.69, 9.17) is 4.74 Å². The summed E-state index contributed by atoms with van der Waals surface area (Å²) in [5.74, 6) is 0.196. The molecule has 1 heterocycles. The molecule has 130 valence electrons. The molecule has 3 rings (SSSR count). The minimum Gasteiger partial charge on any atom is -0.456 e. The van der Waals surface area contributed by atoms with Crippen molar-refractivity contribution in [3.05, 3.63) is 65.7 Å². The third-order valence-corrected chi connectivity index (χ3v) is 5.17. The van der Waals surface area contributed by atoms with Gasteiger partial charge in [-0.2, -0.15) is 0 Å². The van der Waals surface area contributed by atoms with Crippen molar-refractivity contribution < 1.29 is 14.3 Å². The van der Waals surface area contributed by atoms with Crippen molar-refractivity contribution in [1.29, 1.82) is 0 Å². The smallest absolute Gasteiger partial charge is 0.307 e. The van der Waals surface area contributed by atoms with E-state index >= 15 is 0 Å². The summed E-state index contributed by atoms with van der Waals surface area (Å²) in [5, 5.41) is 0. The van der Waals surface area contributed by atoms with Crippen molar-refractivity contribution in [3.8, 4) is 0 Å². The van der Waals surface area contributed by atoms with Crippen LogP contribution in [0.4, 0.5) is 0 Å². The average molecular weight is 355 g/mol. The fourth-order valence-corrected chi connectivity index (χ4v) is 3.64. The summed E-state index contributed by atoms with van der Waals surface area (Å²) in [4.78, 5) is 26.9. The van der Waals surface area contributed by atoms with Crippen molar-refractivity contribution in [3.63, 3.8) is 0 Å². The van der Waals surface area contributed by atoms with Gasteiger partial charge in [0.25, 0.3) is 5.91 Å². The number of nitrogens with zero attached hydrogens (tertiary/aromatic N) is 1. The summed E-state index contributed by atoms with van der Waals surface area (Å²) in [7, 11) is 0. The molecule has 0 N–H and O–H groups in total. The van der Waals surface area contributed by atoms with Crippen LogP contribution in [0, 0.1) is 0 Å². The summed E-state index contributed by atoms with van der Waals surface area (Å²) in [6.45, 7) is 1.10. The normalized spacial score (nSPS) is 13.2. The molecule has 0 spiro atoms. The molecule has 0 atom stereocenters. The van der Waals surface area contributed by atoms with Gasteiger partial charge >= 0.3 is 5.97 Å². The lowest BCUT2D eigenvalue weighted by molar-refractivity contribution is -0.152. The molecule has 0 aromatic heterocycles. The first-order chi connectivity index (χ1) is 12.2. The Morgan fingerprint density at radius 3 is 2.52 bits per heavy atom. The van der Waals surface area contributed by atoms with Gasteiger partial charge in [-0.1, -0.05) is 42.5 Å². The molecular formula is C20H21NO3S. The Bertz CT molecular complexity index is 733. The van der Waals surface area contributed by atoms with Crippen LogP contribution in [-0.4, -0.2) is 35.7 Å². The van der Waals surface area contributed by atoms with Crippen LogP contribution >= 0.6 is 11.8 Å². The van der Waals surface area contributed by atoms with Crippen LogP contribution in [0.2, 0.25) is 0 Å². The third-order valence-electron chi connectivity index (χ3n) is 4.16. The number of benzene rings is 2. The third kappa shape index (κ3) is 5.10. The van der Waals surface area contributed by atoms with Gasteiger partial charge < -0.3 is 9.64 Å². The molecule has 4 nitrogen and oxygen atoms in total. The molecular weight excluding hydrogens is 334 g/mol. The Hall–Kier alpha value is -2.27. The van der Waals surface area contributed by atoms with Gasteiger partial charge in [-0.3, -0.25) is 9.59 Å². The number of ether oxygens (including phenoxy) is 1. The summed E-state index contributed by atoms with van der Waals surface area (Å²) in [5.41, 5.74) is 2.47. The second-order valence-electron chi connectivity index (χ2n) is 5.91. The monoisotopic (exact) mass is 355 g/mol. The predicted molar refractivity (Wildman–Crippen MR) is 98.3 cm³/mol. The Morgan fingerprint density at radius 1 is 1.00 bits per heavy atom. The predicted octanol–water partition coefficient (Wildman–Crippen LogP) is 3.30. The summed E-state index contributed by atoms with van der Waals surface area (Å²) < 4.78 is 5.14. The zero-order valence-corrected chi connectivity index (χ0v) is 14.8. The topological polar surface area (TPSA) is 46.6 Å². The number of hydrogen-bond acceptors (Lipinski definition) is 4. The molecule has 0 unspecified atom stereocenters. The van der Waals surface area contributed by atoms with Crippen LogP contribution in [0.15, 0.2) is 59.5 Å². The van der Waals surface area contributed by atoms with Crippen LogP contribution in [0.25, 0.3) is 0 Å². The molecule has 0 radical (unpaired) electrons. The fraction of sp³-hybridized carbons (Fsp3) is 0.300. The number of rotatable bonds is 6. The van der Waals surface area contributed by atoms with Gasteiger partial charge in [0, 0.05) is 23.7 Å². The van der Waals surface area contributed by atoms with Crippen LogP contribution in [0.5, 0.6) is 0 Å². The van der Waals surface area contributed by atoms with Gasteiger partial charge in [0.1, 0.15) is 0 Å². The van der Waals surface area contributed by atoms with Crippen molar-refractivity contribution in [2.24, 2.45) is 0 Å². The zero-order chi connectivity index (χ0) is 17.5. The molecule has 1 aliphatic heterocycles.